The molecule has 1 aliphatic rings. The second-order valence-corrected chi connectivity index (χ2v) is 8.56. The molecular weight excluding hydrogens is 372 g/mol. The van der Waals surface area contributed by atoms with Crippen LogP contribution in [0.15, 0.2) is 46.3 Å². The highest BCUT2D eigenvalue weighted by atomic mass is 79.9. The van der Waals surface area contributed by atoms with Crippen molar-refractivity contribution in [1.82, 2.24) is 9.80 Å². The van der Waals surface area contributed by atoms with E-state index in [4.69, 9.17) is 0 Å². The summed E-state index contributed by atoms with van der Waals surface area (Å²) in [5.41, 5.74) is 1.28. The summed E-state index contributed by atoms with van der Waals surface area (Å²) in [5.74, 6) is 0.239. The van der Waals surface area contributed by atoms with E-state index in [1.54, 1.807) is 11.3 Å². The highest BCUT2D eigenvalue weighted by Crippen LogP contribution is 2.25. The van der Waals surface area contributed by atoms with Gasteiger partial charge in [-0.05, 0) is 53.0 Å². The Morgan fingerprint density at radius 1 is 1.30 bits per heavy atom. The van der Waals surface area contributed by atoms with Gasteiger partial charge in [-0.1, -0.05) is 30.3 Å². The van der Waals surface area contributed by atoms with Gasteiger partial charge in [-0.25, -0.2) is 0 Å². The Morgan fingerprint density at radius 3 is 2.78 bits per heavy atom. The van der Waals surface area contributed by atoms with E-state index in [0.717, 1.165) is 29.7 Å². The van der Waals surface area contributed by atoms with Gasteiger partial charge in [0.15, 0.2) is 0 Å². The summed E-state index contributed by atoms with van der Waals surface area (Å²) >= 11 is 5.17. The molecule has 0 bridgehead atoms. The van der Waals surface area contributed by atoms with Crippen LogP contribution in [0.5, 0.6) is 0 Å². The average Bonchev–Trinajstić information content (AvgIpc) is 3.16. The fourth-order valence-corrected chi connectivity index (χ4v) is 4.65. The first-order chi connectivity index (χ1) is 11.1. The smallest absolute Gasteiger partial charge is 0.240 e. The second-order valence-electron chi connectivity index (χ2n) is 6.01. The number of hydrogen-bond donors (Lipinski definition) is 0. The largest absolute Gasteiger partial charge is 0.339 e. The molecule has 1 unspecified atom stereocenters. The molecule has 122 valence electrons. The molecule has 0 spiro atoms. The maximum absolute atomic E-state index is 12.8. The number of likely N-dealkylation sites (tertiary alicyclic amines) is 1. The number of hydrogen-bond acceptors (Lipinski definition) is 3. The van der Waals surface area contributed by atoms with Gasteiger partial charge in [0.25, 0.3) is 0 Å². The third-order valence-electron chi connectivity index (χ3n) is 4.28. The summed E-state index contributed by atoms with van der Waals surface area (Å²) in [7, 11) is 1.91. The summed E-state index contributed by atoms with van der Waals surface area (Å²) in [6.07, 6.45) is 2.06. The summed E-state index contributed by atoms with van der Waals surface area (Å²) in [6.45, 7) is 2.55. The molecule has 23 heavy (non-hydrogen) atoms. The SMILES string of the molecule is CN(Cc1ccc(Br)s1)C(=O)C1CCCN1Cc1ccccc1. The van der Waals surface area contributed by atoms with Crippen molar-refractivity contribution in [3.8, 4) is 0 Å². The van der Waals surface area contributed by atoms with E-state index in [1.165, 1.54) is 10.4 Å². The standard InChI is InChI=1S/C18H21BrN2OS/c1-20(13-15-9-10-17(19)23-15)18(22)16-8-5-11-21(16)12-14-6-3-2-4-7-14/h2-4,6-7,9-10,16H,5,8,11-13H2,1H3. The summed E-state index contributed by atoms with van der Waals surface area (Å²) in [4.78, 5) is 18.2. The molecule has 0 N–H and O–H groups in total. The lowest BCUT2D eigenvalue weighted by molar-refractivity contribution is -0.135. The van der Waals surface area contributed by atoms with Crippen molar-refractivity contribution in [2.24, 2.45) is 0 Å². The minimum absolute atomic E-state index is 0.0172. The second kappa shape index (κ2) is 7.60. The van der Waals surface area contributed by atoms with Crippen LogP contribution in [-0.4, -0.2) is 35.3 Å². The van der Waals surface area contributed by atoms with Crippen LogP contribution in [0.25, 0.3) is 0 Å². The van der Waals surface area contributed by atoms with Gasteiger partial charge in [-0.3, -0.25) is 9.69 Å². The Balaban J connectivity index is 1.63. The highest BCUT2D eigenvalue weighted by Gasteiger charge is 2.32. The van der Waals surface area contributed by atoms with Crippen molar-refractivity contribution >= 4 is 33.2 Å². The van der Waals surface area contributed by atoms with Crippen LogP contribution in [0.4, 0.5) is 0 Å². The number of benzene rings is 1. The van der Waals surface area contributed by atoms with Crippen LogP contribution in [0.1, 0.15) is 23.3 Å². The Morgan fingerprint density at radius 2 is 2.09 bits per heavy atom. The molecule has 3 nitrogen and oxygen atoms in total. The van der Waals surface area contributed by atoms with Gasteiger partial charge in [0.2, 0.25) is 5.91 Å². The maximum Gasteiger partial charge on any atom is 0.240 e. The molecule has 1 fully saturated rings. The molecule has 1 amide bonds. The minimum Gasteiger partial charge on any atom is -0.339 e. The number of carbonyl (C=O) groups excluding carboxylic acids is 1. The molecule has 1 aromatic heterocycles. The Kier molecular flexibility index (Phi) is 5.51. The number of thiophene rings is 1. The van der Waals surface area contributed by atoms with Crippen LogP contribution in [-0.2, 0) is 17.9 Å². The van der Waals surface area contributed by atoms with E-state index in [1.807, 2.05) is 24.1 Å². The maximum atomic E-state index is 12.8. The monoisotopic (exact) mass is 392 g/mol. The van der Waals surface area contributed by atoms with E-state index in [-0.39, 0.29) is 11.9 Å². The van der Waals surface area contributed by atoms with Crippen LogP contribution >= 0.6 is 27.3 Å². The van der Waals surface area contributed by atoms with Crippen molar-refractivity contribution in [3.63, 3.8) is 0 Å². The molecule has 2 aromatic rings. The van der Waals surface area contributed by atoms with Gasteiger partial charge >= 0.3 is 0 Å². The van der Waals surface area contributed by atoms with E-state index in [9.17, 15) is 4.79 Å². The number of nitrogens with zero attached hydrogens (tertiary/aromatic N) is 2. The average molecular weight is 393 g/mol. The summed E-state index contributed by atoms with van der Waals surface area (Å²) in [6, 6.07) is 14.5. The van der Waals surface area contributed by atoms with Gasteiger partial charge in [-0.15, -0.1) is 11.3 Å². The van der Waals surface area contributed by atoms with E-state index in [0.29, 0.717) is 6.54 Å². The number of halogens is 1. The topological polar surface area (TPSA) is 23.6 Å². The molecule has 2 heterocycles. The quantitative estimate of drug-likeness (QED) is 0.763. The molecule has 1 atom stereocenters. The van der Waals surface area contributed by atoms with Crippen molar-refractivity contribution in [1.29, 1.82) is 0 Å². The zero-order valence-electron chi connectivity index (χ0n) is 13.2. The fraction of sp³-hybridized carbons (Fsp3) is 0.389. The first-order valence-corrected chi connectivity index (χ1v) is 9.51. The predicted octanol–water partition coefficient (Wildman–Crippen LogP) is 4.13. The van der Waals surface area contributed by atoms with Gasteiger partial charge in [0.1, 0.15) is 0 Å². The van der Waals surface area contributed by atoms with E-state index in [2.05, 4.69) is 51.2 Å². The first-order valence-electron chi connectivity index (χ1n) is 7.90. The molecular formula is C18H21BrN2OS. The van der Waals surface area contributed by atoms with Crippen molar-refractivity contribution in [2.45, 2.75) is 32.0 Å². The molecule has 1 saturated heterocycles. The number of rotatable bonds is 5. The van der Waals surface area contributed by atoms with Crippen LogP contribution < -0.4 is 0 Å². The highest BCUT2D eigenvalue weighted by molar-refractivity contribution is 9.11. The fourth-order valence-electron chi connectivity index (χ4n) is 3.12. The third kappa shape index (κ3) is 4.22. The van der Waals surface area contributed by atoms with Crippen LogP contribution in [0.3, 0.4) is 0 Å². The van der Waals surface area contributed by atoms with Crippen molar-refractivity contribution in [3.05, 3.63) is 56.7 Å². The van der Waals surface area contributed by atoms with Crippen LogP contribution in [0.2, 0.25) is 0 Å². The van der Waals surface area contributed by atoms with Gasteiger partial charge < -0.3 is 4.90 Å². The lowest BCUT2D eigenvalue weighted by Crippen LogP contribution is -2.43. The van der Waals surface area contributed by atoms with E-state index < -0.39 is 0 Å². The van der Waals surface area contributed by atoms with Crippen LogP contribution in [0, 0.1) is 0 Å². The predicted molar refractivity (Wildman–Crippen MR) is 98.4 cm³/mol. The zero-order chi connectivity index (χ0) is 16.2. The van der Waals surface area contributed by atoms with Gasteiger partial charge in [0.05, 0.1) is 16.4 Å². The number of likely N-dealkylation sites (N-methyl/N-ethyl adjacent to an activating group) is 1. The molecule has 1 aliphatic heterocycles. The van der Waals surface area contributed by atoms with Gasteiger partial charge in [0, 0.05) is 18.5 Å². The lowest BCUT2D eigenvalue weighted by Gasteiger charge is -2.27. The zero-order valence-corrected chi connectivity index (χ0v) is 15.6. The molecule has 5 heteroatoms. The summed E-state index contributed by atoms with van der Waals surface area (Å²) < 4.78 is 1.11. The van der Waals surface area contributed by atoms with Gasteiger partial charge in [-0.2, -0.15) is 0 Å². The molecule has 3 rings (SSSR count). The molecule has 0 aliphatic carbocycles. The third-order valence-corrected chi connectivity index (χ3v) is 5.88. The number of amides is 1. The minimum atomic E-state index is 0.0172. The van der Waals surface area contributed by atoms with Crippen molar-refractivity contribution < 1.29 is 4.79 Å². The Hall–Kier alpha value is -1.17. The lowest BCUT2D eigenvalue weighted by atomic mass is 10.1. The molecule has 1 aromatic carbocycles. The molecule has 0 radical (unpaired) electrons. The van der Waals surface area contributed by atoms with E-state index >= 15 is 0 Å². The number of carbonyl (C=O) groups is 1. The van der Waals surface area contributed by atoms with Crippen molar-refractivity contribution in [2.75, 3.05) is 13.6 Å². The first kappa shape index (κ1) is 16.7. The normalized spacial score (nSPS) is 18.3. The summed E-state index contributed by atoms with van der Waals surface area (Å²) in [5, 5.41) is 0. The molecule has 0 saturated carbocycles. The Bertz CT molecular complexity index is 658. The Labute approximate surface area is 150 Å².